The minimum Gasteiger partial charge on any atom is -0.396 e. The lowest BCUT2D eigenvalue weighted by Gasteiger charge is -2.30. The molecular weight excluding hydrogens is 264 g/mol. The Hall–Kier alpha value is -1.55. The highest BCUT2D eigenvalue weighted by Gasteiger charge is 2.47. The summed E-state index contributed by atoms with van der Waals surface area (Å²) in [6.07, 6.45) is 3.53. The number of hydrogen-bond acceptors (Lipinski definition) is 2. The van der Waals surface area contributed by atoms with Crippen LogP contribution in [0.5, 0.6) is 0 Å². The lowest BCUT2D eigenvalue weighted by Crippen LogP contribution is -2.46. The molecule has 0 heterocycles. The van der Waals surface area contributed by atoms with Gasteiger partial charge in [-0.1, -0.05) is 17.7 Å². The van der Waals surface area contributed by atoms with Gasteiger partial charge in [0.25, 0.3) is 0 Å². The van der Waals surface area contributed by atoms with Crippen LogP contribution in [-0.4, -0.2) is 23.8 Å². The van der Waals surface area contributed by atoms with Crippen molar-refractivity contribution in [2.45, 2.75) is 39.2 Å². The van der Waals surface area contributed by atoms with Crippen LogP contribution in [0.4, 0.5) is 10.5 Å². The zero-order valence-electron chi connectivity index (χ0n) is 12.7. The molecule has 4 nitrogen and oxygen atoms in total. The van der Waals surface area contributed by atoms with E-state index >= 15 is 0 Å². The van der Waals surface area contributed by atoms with Crippen LogP contribution >= 0.6 is 0 Å². The molecule has 2 fully saturated rings. The summed E-state index contributed by atoms with van der Waals surface area (Å²) in [6.45, 7) is 4.21. The zero-order chi connectivity index (χ0) is 15.0. The summed E-state index contributed by atoms with van der Waals surface area (Å²) in [5.74, 6) is 1.36. The Kier molecular flexibility index (Phi) is 3.89. The number of aryl methyl sites for hydroxylation is 2. The first-order chi connectivity index (χ1) is 10.1. The quantitative estimate of drug-likeness (QED) is 0.801. The summed E-state index contributed by atoms with van der Waals surface area (Å²) in [5, 5.41) is 15.6. The van der Waals surface area contributed by atoms with Crippen LogP contribution in [0.3, 0.4) is 0 Å². The third-order valence-corrected chi connectivity index (χ3v) is 5.23. The second kappa shape index (κ2) is 5.68. The van der Waals surface area contributed by atoms with Crippen molar-refractivity contribution in [2.24, 2.45) is 17.8 Å². The van der Waals surface area contributed by atoms with E-state index in [1.54, 1.807) is 0 Å². The Balaban J connectivity index is 1.64. The summed E-state index contributed by atoms with van der Waals surface area (Å²) in [6, 6.07) is 5.96. The van der Waals surface area contributed by atoms with E-state index in [2.05, 4.69) is 16.7 Å². The molecule has 0 aromatic heterocycles. The second-order valence-corrected chi connectivity index (χ2v) is 6.62. The predicted molar refractivity (Wildman–Crippen MR) is 83.3 cm³/mol. The molecule has 2 amide bonds. The minimum atomic E-state index is -0.155. The fourth-order valence-corrected chi connectivity index (χ4v) is 4.16. The molecule has 4 unspecified atom stereocenters. The van der Waals surface area contributed by atoms with Crippen LogP contribution in [0.2, 0.25) is 0 Å². The molecule has 1 aromatic rings. The minimum absolute atomic E-state index is 0.125. The maximum absolute atomic E-state index is 12.2. The Morgan fingerprint density at radius 3 is 2.76 bits per heavy atom. The first kappa shape index (κ1) is 14.4. The van der Waals surface area contributed by atoms with Gasteiger partial charge in [-0.25, -0.2) is 4.79 Å². The number of benzene rings is 1. The summed E-state index contributed by atoms with van der Waals surface area (Å²) in [5.41, 5.74) is 3.10. The van der Waals surface area contributed by atoms with Crippen molar-refractivity contribution in [3.05, 3.63) is 29.3 Å². The van der Waals surface area contributed by atoms with Crippen molar-refractivity contribution in [3.63, 3.8) is 0 Å². The summed E-state index contributed by atoms with van der Waals surface area (Å²) in [4.78, 5) is 12.2. The highest BCUT2D eigenvalue weighted by molar-refractivity contribution is 5.90. The normalized spacial score (nSPS) is 30.4. The number of anilines is 1. The molecule has 2 saturated carbocycles. The SMILES string of the molecule is Cc1ccc(NC(=O)NC2C3CCC(C3)C2CO)c(C)c1. The number of urea groups is 1. The van der Waals surface area contributed by atoms with Gasteiger partial charge >= 0.3 is 6.03 Å². The number of aliphatic hydroxyl groups excluding tert-OH is 1. The Morgan fingerprint density at radius 2 is 2.05 bits per heavy atom. The molecule has 3 N–H and O–H groups in total. The maximum Gasteiger partial charge on any atom is 0.319 e. The van der Waals surface area contributed by atoms with Crippen LogP contribution in [0.15, 0.2) is 18.2 Å². The van der Waals surface area contributed by atoms with Crippen molar-refractivity contribution in [1.29, 1.82) is 0 Å². The summed E-state index contributed by atoms with van der Waals surface area (Å²) in [7, 11) is 0. The average molecular weight is 288 g/mol. The second-order valence-electron chi connectivity index (χ2n) is 6.62. The molecule has 3 rings (SSSR count). The molecule has 0 radical (unpaired) electrons. The van der Waals surface area contributed by atoms with E-state index in [-0.39, 0.29) is 24.6 Å². The average Bonchev–Trinajstić information content (AvgIpc) is 3.03. The standard InChI is InChI=1S/C17H24N2O2/c1-10-3-6-15(11(2)7-10)18-17(21)19-16-13-5-4-12(8-13)14(16)9-20/h3,6-7,12-14,16,20H,4-5,8-9H2,1-2H3,(H2,18,19,21). The monoisotopic (exact) mass is 288 g/mol. The molecule has 2 aliphatic rings. The Morgan fingerprint density at radius 1 is 1.29 bits per heavy atom. The molecule has 0 saturated heterocycles. The van der Waals surface area contributed by atoms with Crippen LogP contribution < -0.4 is 10.6 Å². The maximum atomic E-state index is 12.2. The molecule has 2 bridgehead atoms. The number of carbonyl (C=O) groups excluding carboxylic acids is 1. The number of amides is 2. The number of aliphatic hydroxyl groups is 1. The van der Waals surface area contributed by atoms with Gasteiger partial charge in [0.15, 0.2) is 0 Å². The van der Waals surface area contributed by atoms with Gasteiger partial charge < -0.3 is 15.7 Å². The van der Waals surface area contributed by atoms with E-state index in [4.69, 9.17) is 0 Å². The molecule has 4 atom stereocenters. The molecular formula is C17H24N2O2. The van der Waals surface area contributed by atoms with Gasteiger partial charge in [-0.15, -0.1) is 0 Å². The van der Waals surface area contributed by atoms with Crippen molar-refractivity contribution in [1.82, 2.24) is 5.32 Å². The van der Waals surface area contributed by atoms with Gasteiger partial charge in [0, 0.05) is 24.3 Å². The van der Waals surface area contributed by atoms with E-state index in [1.165, 1.54) is 18.4 Å². The Labute approximate surface area is 125 Å². The van der Waals surface area contributed by atoms with Crippen molar-refractivity contribution in [3.8, 4) is 0 Å². The molecule has 21 heavy (non-hydrogen) atoms. The zero-order valence-corrected chi connectivity index (χ0v) is 12.7. The lowest BCUT2D eigenvalue weighted by atomic mass is 9.85. The number of fused-ring (bicyclic) bond motifs is 2. The van der Waals surface area contributed by atoms with E-state index in [9.17, 15) is 9.90 Å². The topological polar surface area (TPSA) is 61.4 Å². The van der Waals surface area contributed by atoms with Crippen LogP contribution in [0.1, 0.15) is 30.4 Å². The van der Waals surface area contributed by atoms with Gasteiger partial charge in [-0.3, -0.25) is 0 Å². The molecule has 1 aromatic carbocycles. The smallest absolute Gasteiger partial charge is 0.319 e. The van der Waals surface area contributed by atoms with Crippen LogP contribution in [0, 0.1) is 31.6 Å². The van der Waals surface area contributed by atoms with Crippen LogP contribution in [-0.2, 0) is 0 Å². The van der Waals surface area contributed by atoms with Gasteiger partial charge in [0.2, 0.25) is 0 Å². The van der Waals surface area contributed by atoms with E-state index in [0.29, 0.717) is 11.8 Å². The van der Waals surface area contributed by atoms with Crippen molar-refractivity contribution >= 4 is 11.7 Å². The Bertz CT molecular complexity index is 544. The first-order valence-electron chi connectivity index (χ1n) is 7.84. The highest BCUT2D eigenvalue weighted by Crippen LogP contribution is 2.48. The molecule has 0 spiro atoms. The van der Waals surface area contributed by atoms with E-state index in [0.717, 1.165) is 17.7 Å². The molecule has 0 aliphatic heterocycles. The third-order valence-electron chi connectivity index (χ3n) is 5.23. The molecule has 114 valence electrons. The number of hydrogen-bond donors (Lipinski definition) is 3. The number of carbonyl (C=O) groups is 1. The van der Waals surface area contributed by atoms with Gasteiger partial charge in [-0.2, -0.15) is 0 Å². The van der Waals surface area contributed by atoms with Crippen molar-refractivity contribution in [2.75, 3.05) is 11.9 Å². The molecule has 2 aliphatic carbocycles. The van der Waals surface area contributed by atoms with Crippen LogP contribution in [0.25, 0.3) is 0 Å². The predicted octanol–water partition coefficient (Wildman–Crippen LogP) is 2.83. The number of nitrogens with one attached hydrogen (secondary N) is 2. The van der Waals surface area contributed by atoms with E-state index in [1.807, 2.05) is 26.0 Å². The van der Waals surface area contributed by atoms with Gasteiger partial charge in [-0.05, 0) is 56.6 Å². The highest BCUT2D eigenvalue weighted by atomic mass is 16.3. The van der Waals surface area contributed by atoms with E-state index < -0.39 is 0 Å². The lowest BCUT2D eigenvalue weighted by molar-refractivity contribution is 0.146. The third kappa shape index (κ3) is 2.77. The largest absolute Gasteiger partial charge is 0.396 e. The van der Waals surface area contributed by atoms with Gasteiger partial charge in [0.05, 0.1) is 0 Å². The fraction of sp³-hybridized carbons (Fsp3) is 0.588. The fourth-order valence-electron chi connectivity index (χ4n) is 4.16. The molecule has 4 heteroatoms. The summed E-state index contributed by atoms with van der Waals surface area (Å²) < 4.78 is 0. The number of rotatable bonds is 3. The summed E-state index contributed by atoms with van der Waals surface area (Å²) >= 11 is 0. The first-order valence-corrected chi connectivity index (χ1v) is 7.84. The van der Waals surface area contributed by atoms with Gasteiger partial charge in [0.1, 0.15) is 0 Å². The van der Waals surface area contributed by atoms with Crippen molar-refractivity contribution < 1.29 is 9.90 Å².